The number of rotatable bonds is 5. The van der Waals surface area contributed by atoms with E-state index in [-0.39, 0.29) is 11.1 Å². The molecule has 0 heterocycles. The molecular weight excluding hydrogens is 215 g/mol. The second-order valence-electron chi connectivity index (χ2n) is 3.56. The summed E-state index contributed by atoms with van der Waals surface area (Å²) in [6.45, 7) is 0.677. The van der Waals surface area contributed by atoms with E-state index in [0.717, 1.165) is 24.8 Å². The molecule has 0 unspecified atom stereocenters. The Labute approximate surface area is 94.4 Å². The SMILES string of the molecule is NCCCC[C@@H](N)c1ccc(F)c(Cl)c1. The first-order valence-electron chi connectivity index (χ1n) is 5.05. The highest BCUT2D eigenvalue weighted by Crippen LogP contribution is 2.22. The van der Waals surface area contributed by atoms with Crippen molar-refractivity contribution in [3.63, 3.8) is 0 Å². The number of unbranched alkanes of at least 4 members (excludes halogenated alkanes) is 1. The Morgan fingerprint density at radius 2 is 2.07 bits per heavy atom. The minimum Gasteiger partial charge on any atom is -0.330 e. The number of nitrogens with two attached hydrogens (primary N) is 2. The van der Waals surface area contributed by atoms with E-state index in [2.05, 4.69) is 0 Å². The Hall–Kier alpha value is -0.640. The van der Waals surface area contributed by atoms with Crippen LogP contribution in [0.25, 0.3) is 0 Å². The second kappa shape index (κ2) is 6.05. The van der Waals surface area contributed by atoms with Crippen LogP contribution in [0.4, 0.5) is 4.39 Å². The lowest BCUT2D eigenvalue weighted by atomic mass is 10.0. The fourth-order valence-corrected chi connectivity index (χ4v) is 1.61. The first-order chi connectivity index (χ1) is 7.15. The maximum atomic E-state index is 12.9. The zero-order valence-electron chi connectivity index (χ0n) is 8.55. The molecule has 0 aliphatic rings. The summed E-state index contributed by atoms with van der Waals surface area (Å²) in [4.78, 5) is 0. The molecule has 0 radical (unpaired) electrons. The van der Waals surface area contributed by atoms with E-state index in [1.165, 1.54) is 6.07 Å². The molecule has 1 aromatic carbocycles. The number of benzene rings is 1. The van der Waals surface area contributed by atoms with Crippen molar-refractivity contribution >= 4 is 11.6 Å². The van der Waals surface area contributed by atoms with E-state index in [4.69, 9.17) is 23.1 Å². The van der Waals surface area contributed by atoms with Crippen LogP contribution in [0.15, 0.2) is 18.2 Å². The monoisotopic (exact) mass is 230 g/mol. The quantitative estimate of drug-likeness (QED) is 0.764. The van der Waals surface area contributed by atoms with Crippen molar-refractivity contribution in [3.05, 3.63) is 34.6 Å². The highest BCUT2D eigenvalue weighted by atomic mass is 35.5. The van der Waals surface area contributed by atoms with Gasteiger partial charge in [0.2, 0.25) is 0 Å². The number of hydrogen-bond donors (Lipinski definition) is 2. The summed E-state index contributed by atoms with van der Waals surface area (Å²) < 4.78 is 12.9. The third-order valence-electron chi connectivity index (χ3n) is 2.34. The van der Waals surface area contributed by atoms with E-state index in [1.54, 1.807) is 12.1 Å². The van der Waals surface area contributed by atoms with Gasteiger partial charge in [-0.2, -0.15) is 0 Å². The van der Waals surface area contributed by atoms with Gasteiger partial charge in [-0.3, -0.25) is 0 Å². The van der Waals surface area contributed by atoms with Crippen molar-refractivity contribution in [2.45, 2.75) is 25.3 Å². The van der Waals surface area contributed by atoms with Gasteiger partial charge in [-0.25, -0.2) is 4.39 Å². The highest BCUT2D eigenvalue weighted by molar-refractivity contribution is 6.30. The van der Waals surface area contributed by atoms with Gasteiger partial charge < -0.3 is 11.5 Å². The van der Waals surface area contributed by atoms with Crippen molar-refractivity contribution < 1.29 is 4.39 Å². The average Bonchev–Trinajstić information content (AvgIpc) is 2.22. The van der Waals surface area contributed by atoms with Gasteiger partial charge in [0, 0.05) is 6.04 Å². The van der Waals surface area contributed by atoms with Crippen LogP contribution in [-0.2, 0) is 0 Å². The minimum absolute atomic E-state index is 0.0883. The molecule has 84 valence electrons. The standard InChI is InChI=1S/C11H16ClFN2/c12-9-7-8(4-5-10(9)13)11(15)3-1-2-6-14/h4-5,7,11H,1-3,6,14-15H2/t11-/m1/s1. The smallest absolute Gasteiger partial charge is 0.141 e. The van der Waals surface area contributed by atoms with Gasteiger partial charge in [0.1, 0.15) is 5.82 Å². The molecule has 0 fully saturated rings. The van der Waals surface area contributed by atoms with Gasteiger partial charge in [0.05, 0.1) is 5.02 Å². The molecule has 4 N–H and O–H groups in total. The van der Waals surface area contributed by atoms with Crippen molar-refractivity contribution in [1.29, 1.82) is 0 Å². The zero-order chi connectivity index (χ0) is 11.3. The average molecular weight is 231 g/mol. The van der Waals surface area contributed by atoms with Gasteiger partial charge >= 0.3 is 0 Å². The van der Waals surface area contributed by atoms with Crippen molar-refractivity contribution in [3.8, 4) is 0 Å². The summed E-state index contributed by atoms with van der Waals surface area (Å²) in [6, 6.07) is 4.52. The first kappa shape index (κ1) is 12.4. The van der Waals surface area contributed by atoms with Crippen LogP contribution in [0.2, 0.25) is 5.02 Å². The molecule has 0 amide bonds. The van der Waals surface area contributed by atoms with Gasteiger partial charge in [-0.15, -0.1) is 0 Å². The molecular formula is C11H16ClFN2. The Balaban J connectivity index is 2.57. The molecule has 0 spiro atoms. The van der Waals surface area contributed by atoms with Crippen molar-refractivity contribution in [2.75, 3.05) is 6.54 Å². The third-order valence-corrected chi connectivity index (χ3v) is 2.63. The molecule has 0 aliphatic heterocycles. The summed E-state index contributed by atoms with van der Waals surface area (Å²) in [5.41, 5.74) is 12.2. The predicted molar refractivity (Wildman–Crippen MR) is 61.2 cm³/mol. The van der Waals surface area contributed by atoms with Gasteiger partial charge in [-0.05, 0) is 37.1 Å². The zero-order valence-corrected chi connectivity index (χ0v) is 9.30. The van der Waals surface area contributed by atoms with Crippen LogP contribution in [0.5, 0.6) is 0 Å². The maximum absolute atomic E-state index is 12.9. The fraction of sp³-hybridized carbons (Fsp3) is 0.455. The summed E-state index contributed by atoms with van der Waals surface area (Å²) in [5, 5.41) is 0.127. The molecule has 1 rings (SSSR count). The molecule has 15 heavy (non-hydrogen) atoms. The molecule has 4 heteroatoms. The molecule has 0 saturated heterocycles. The Morgan fingerprint density at radius 3 is 2.67 bits per heavy atom. The lowest BCUT2D eigenvalue weighted by molar-refractivity contribution is 0.587. The number of halogens is 2. The lowest BCUT2D eigenvalue weighted by Crippen LogP contribution is -2.11. The molecule has 0 aliphatic carbocycles. The van der Waals surface area contributed by atoms with Crippen molar-refractivity contribution in [2.24, 2.45) is 11.5 Å². The topological polar surface area (TPSA) is 52.0 Å². The first-order valence-corrected chi connectivity index (χ1v) is 5.43. The maximum Gasteiger partial charge on any atom is 0.141 e. The Bertz CT molecular complexity index is 317. The third kappa shape index (κ3) is 3.78. The molecule has 1 atom stereocenters. The van der Waals surface area contributed by atoms with E-state index in [1.807, 2.05) is 0 Å². The van der Waals surface area contributed by atoms with Crippen LogP contribution < -0.4 is 11.5 Å². The van der Waals surface area contributed by atoms with Crippen LogP contribution >= 0.6 is 11.6 Å². The van der Waals surface area contributed by atoms with Crippen molar-refractivity contribution in [1.82, 2.24) is 0 Å². The summed E-state index contributed by atoms with van der Waals surface area (Å²) in [5.74, 6) is -0.408. The van der Waals surface area contributed by atoms with Gasteiger partial charge in [0.15, 0.2) is 0 Å². The molecule has 0 aromatic heterocycles. The largest absolute Gasteiger partial charge is 0.330 e. The highest BCUT2D eigenvalue weighted by Gasteiger charge is 2.08. The van der Waals surface area contributed by atoms with Crippen LogP contribution in [0, 0.1) is 5.82 Å². The molecule has 0 bridgehead atoms. The van der Waals surface area contributed by atoms with E-state index in [9.17, 15) is 4.39 Å². The van der Waals surface area contributed by atoms with Crippen LogP contribution in [-0.4, -0.2) is 6.54 Å². The molecule has 2 nitrogen and oxygen atoms in total. The lowest BCUT2D eigenvalue weighted by Gasteiger charge is -2.12. The number of hydrogen-bond acceptors (Lipinski definition) is 2. The van der Waals surface area contributed by atoms with E-state index < -0.39 is 5.82 Å². The van der Waals surface area contributed by atoms with Crippen LogP contribution in [0.3, 0.4) is 0 Å². The van der Waals surface area contributed by atoms with Gasteiger partial charge in [0.25, 0.3) is 0 Å². The van der Waals surface area contributed by atoms with E-state index >= 15 is 0 Å². The summed E-state index contributed by atoms with van der Waals surface area (Å²) in [7, 11) is 0. The summed E-state index contributed by atoms with van der Waals surface area (Å²) >= 11 is 5.67. The van der Waals surface area contributed by atoms with Crippen LogP contribution in [0.1, 0.15) is 30.9 Å². The normalized spacial score (nSPS) is 12.8. The Kier molecular flexibility index (Phi) is 5.02. The minimum atomic E-state index is -0.408. The van der Waals surface area contributed by atoms with Gasteiger partial charge in [-0.1, -0.05) is 24.1 Å². The summed E-state index contributed by atoms with van der Waals surface area (Å²) in [6.07, 6.45) is 2.79. The second-order valence-corrected chi connectivity index (χ2v) is 3.97. The molecule has 1 aromatic rings. The Morgan fingerprint density at radius 1 is 1.33 bits per heavy atom. The molecule has 0 saturated carbocycles. The predicted octanol–water partition coefficient (Wildman–Crippen LogP) is 2.61. The van der Waals surface area contributed by atoms with E-state index in [0.29, 0.717) is 6.54 Å². The fourth-order valence-electron chi connectivity index (χ4n) is 1.42.